The molecule has 1 aromatic rings. The molecule has 2 rings (SSSR count). The molecule has 2 amide bonds. The van der Waals surface area contributed by atoms with E-state index in [2.05, 4.69) is 46.9 Å². The van der Waals surface area contributed by atoms with Gasteiger partial charge in [0.05, 0.1) is 5.25 Å². The molecule has 0 aliphatic carbocycles. The van der Waals surface area contributed by atoms with Crippen LogP contribution in [-0.2, 0) is 22.0 Å². The number of hydrogen-bond acceptors (Lipinski definition) is 4. The highest BCUT2D eigenvalue weighted by Crippen LogP contribution is 2.40. The van der Waals surface area contributed by atoms with Crippen LogP contribution in [0.2, 0.25) is 0 Å². The van der Waals surface area contributed by atoms with Gasteiger partial charge in [0.25, 0.3) is 5.24 Å². The average molecular weight is 335 g/mol. The SMILES string of the molecule is CC(C)(C)c1cc(CC2SC(=O)NC2=O)cc(C(C)(C)C)c1O. The first-order valence-electron chi connectivity index (χ1n) is 7.78. The molecule has 0 saturated carbocycles. The maximum absolute atomic E-state index is 11.8. The van der Waals surface area contributed by atoms with E-state index >= 15 is 0 Å². The number of hydrogen-bond donors (Lipinski definition) is 2. The fraction of sp³-hybridized carbons (Fsp3) is 0.556. The van der Waals surface area contributed by atoms with Gasteiger partial charge >= 0.3 is 0 Å². The first kappa shape index (κ1) is 17.9. The van der Waals surface area contributed by atoms with Gasteiger partial charge < -0.3 is 5.11 Å². The lowest BCUT2D eigenvalue weighted by Crippen LogP contribution is -2.26. The van der Waals surface area contributed by atoms with Gasteiger partial charge in [-0.15, -0.1) is 0 Å². The third-order valence-corrected chi connectivity index (χ3v) is 4.96. The monoisotopic (exact) mass is 335 g/mol. The van der Waals surface area contributed by atoms with Crippen molar-refractivity contribution in [3.05, 3.63) is 28.8 Å². The van der Waals surface area contributed by atoms with Crippen molar-refractivity contribution in [3.8, 4) is 5.75 Å². The van der Waals surface area contributed by atoms with Crippen LogP contribution in [0.1, 0.15) is 58.2 Å². The molecule has 0 aromatic heterocycles. The lowest BCUT2D eigenvalue weighted by molar-refractivity contribution is -0.118. The Morgan fingerprint density at radius 2 is 1.52 bits per heavy atom. The molecule has 2 N–H and O–H groups in total. The topological polar surface area (TPSA) is 66.4 Å². The van der Waals surface area contributed by atoms with E-state index in [0.717, 1.165) is 28.5 Å². The zero-order chi connectivity index (χ0) is 17.6. The highest BCUT2D eigenvalue weighted by atomic mass is 32.2. The molecule has 1 fully saturated rings. The summed E-state index contributed by atoms with van der Waals surface area (Å²) >= 11 is 1.04. The van der Waals surface area contributed by atoms with Gasteiger partial charge in [0.1, 0.15) is 5.75 Å². The van der Waals surface area contributed by atoms with Gasteiger partial charge in [0, 0.05) is 0 Å². The molecule has 23 heavy (non-hydrogen) atoms. The number of carbonyl (C=O) groups excluding carboxylic acids is 2. The van der Waals surface area contributed by atoms with E-state index in [1.54, 1.807) is 0 Å². The van der Waals surface area contributed by atoms with E-state index in [4.69, 9.17) is 0 Å². The second-order valence-electron chi connectivity index (χ2n) is 8.13. The molecule has 0 radical (unpaired) electrons. The summed E-state index contributed by atoms with van der Waals surface area (Å²) in [6, 6.07) is 3.92. The summed E-state index contributed by atoms with van der Waals surface area (Å²) in [5.74, 6) is 0.0936. The molecular weight excluding hydrogens is 310 g/mol. The number of nitrogens with one attached hydrogen (secondary N) is 1. The van der Waals surface area contributed by atoms with E-state index < -0.39 is 5.25 Å². The van der Waals surface area contributed by atoms with Crippen molar-refractivity contribution in [2.45, 2.75) is 64.0 Å². The van der Waals surface area contributed by atoms with Crippen LogP contribution in [0.15, 0.2) is 12.1 Å². The molecule has 1 unspecified atom stereocenters. The molecule has 5 heteroatoms. The minimum atomic E-state index is -0.396. The fourth-order valence-electron chi connectivity index (χ4n) is 2.70. The van der Waals surface area contributed by atoms with Crippen molar-refractivity contribution < 1.29 is 14.7 Å². The van der Waals surface area contributed by atoms with Crippen LogP contribution in [0.25, 0.3) is 0 Å². The zero-order valence-electron chi connectivity index (χ0n) is 14.6. The average Bonchev–Trinajstić information content (AvgIpc) is 2.67. The fourth-order valence-corrected chi connectivity index (χ4v) is 3.56. The van der Waals surface area contributed by atoms with Crippen molar-refractivity contribution in [3.63, 3.8) is 0 Å². The summed E-state index contributed by atoms with van der Waals surface area (Å²) in [6.07, 6.45) is 0.481. The van der Waals surface area contributed by atoms with Gasteiger partial charge in [0.2, 0.25) is 5.91 Å². The summed E-state index contributed by atoms with van der Waals surface area (Å²) in [5, 5.41) is 12.3. The predicted octanol–water partition coefficient (Wildman–Crippen LogP) is 3.88. The second-order valence-corrected chi connectivity index (χ2v) is 9.30. The standard InChI is InChI=1S/C18H25NO3S/c1-17(2,3)11-7-10(8-12(14(11)20)18(4,5)6)9-13-15(21)19-16(22)23-13/h7-8,13,20H,9H2,1-6H3,(H,19,21,22). The quantitative estimate of drug-likeness (QED) is 0.861. The molecule has 1 aliphatic rings. The van der Waals surface area contributed by atoms with E-state index in [1.807, 2.05) is 12.1 Å². The number of thioether (sulfide) groups is 1. The van der Waals surface area contributed by atoms with E-state index in [1.165, 1.54) is 0 Å². The van der Waals surface area contributed by atoms with Crippen LogP contribution in [0, 0.1) is 0 Å². The van der Waals surface area contributed by atoms with E-state index in [0.29, 0.717) is 12.2 Å². The van der Waals surface area contributed by atoms with Gasteiger partial charge in [-0.1, -0.05) is 65.4 Å². The molecule has 1 atom stereocenters. The van der Waals surface area contributed by atoms with Crippen LogP contribution in [0.4, 0.5) is 4.79 Å². The summed E-state index contributed by atoms with van der Waals surface area (Å²) in [7, 11) is 0. The minimum absolute atomic E-state index is 0.207. The first-order chi connectivity index (χ1) is 10.4. The Hall–Kier alpha value is -1.49. The third-order valence-electron chi connectivity index (χ3n) is 3.97. The molecule has 1 aromatic carbocycles. The molecule has 0 bridgehead atoms. The Morgan fingerprint density at radius 3 is 1.87 bits per heavy atom. The summed E-state index contributed by atoms with van der Waals surface area (Å²) in [5.41, 5.74) is 2.30. The summed E-state index contributed by atoms with van der Waals surface area (Å²) < 4.78 is 0. The van der Waals surface area contributed by atoms with Gasteiger partial charge in [0.15, 0.2) is 0 Å². The van der Waals surface area contributed by atoms with Crippen LogP contribution >= 0.6 is 11.8 Å². The molecule has 126 valence electrons. The Morgan fingerprint density at radius 1 is 1.04 bits per heavy atom. The second kappa shape index (κ2) is 5.86. The van der Waals surface area contributed by atoms with Gasteiger partial charge in [-0.2, -0.15) is 0 Å². The van der Waals surface area contributed by atoms with Crippen molar-refractivity contribution in [1.29, 1.82) is 0 Å². The van der Waals surface area contributed by atoms with Crippen molar-refractivity contribution >= 4 is 22.9 Å². The van der Waals surface area contributed by atoms with Crippen LogP contribution in [0.3, 0.4) is 0 Å². The van der Waals surface area contributed by atoms with E-state index in [9.17, 15) is 14.7 Å². The summed E-state index contributed by atoms with van der Waals surface area (Å²) in [6.45, 7) is 12.3. The number of phenolic OH excluding ortho intramolecular Hbond substituents is 1. The van der Waals surface area contributed by atoms with Gasteiger partial charge in [-0.3, -0.25) is 14.9 Å². The Labute approximate surface area is 142 Å². The van der Waals surface area contributed by atoms with Crippen LogP contribution in [-0.4, -0.2) is 21.5 Å². The number of rotatable bonds is 2. The Bertz CT molecular complexity index is 618. The number of amides is 2. The van der Waals surface area contributed by atoms with Crippen molar-refractivity contribution in [2.75, 3.05) is 0 Å². The number of carbonyl (C=O) groups is 2. The molecular formula is C18H25NO3S. The maximum Gasteiger partial charge on any atom is 0.286 e. The zero-order valence-corrected chi connectivity index (χ0v) is 15.4. The predicted molar refractivity (Wildman–Crippen MR) is 94.1 cm³/mol. The molecule has 1 aliphatic heterocycles. The first-order valence-corrected chi connectivity index (χ1v) is 8.66. The Kier molecular flexibility index (Phi) is 4.55. The summed E-state index contributed by atoms with van der Waals surface area (Å²) in [4.78, 5) is 23.2. The smallest absolute Gasteiger partial charge is 0.286 e. The normalized spacial score (nSPS) is 19.1. The molecule has 0 spiro atoms. The number of benzene rings is 1. The van der Waals surface area contributed by atoms with E-state index in [-0.39, 0.29) is 22.0 Å². The highest BCUT2D eigenvalue weighted by Gasteiger charge is 2.33. The van der Waals surface area contributed by atoms with Crippen molar-refractivity contribution in [1.82, 2.24) is 5.32 Å². The van der Waals surface area contributed by atoms with Crippen molar-refractivity contribution in [2.24, 2.45) is 0 Å². The maximum atomic E-state index is 11.8. The number of imide groups is 1. The highest BCUT2D eigenvalue weighted by molar-refractivity contribution is 8.15. The minimum Gasteiger partial charge on any atom is -0.507 e. The Balaban J connectivity index is 2.48. The van der Waals surface area contributed by atoms with Crippen LogP contribution < -0.4 is 5.32 Å². The van der Waals surface area contributed by atoms with Crippen LogP contribution in [0.5, 0.6) is 5.75 Å². The lowest BCUT2D eigenvalue weighted by Gasteiger charge is -2.28. The number of phenols is 1. The van der Waals surface area contributed by atoms with Gasteiger partial charge in [-0.25, -0.2) is 0 Å². The molecule has 1 saturated heterocycles. The molecule has 4 nitrogen and oxygen atoms in total. The largest absolute Gasteiger partial charge is 0.507 e. The lowest BCUT2D eigenvalue weighted by atomic mass is 9.78. The van der Waals surface area contributed by atoms with Gasteiger partial charge in [-0.05, 0) is 33.9 Å². The molecule has 1 heterocycles. The third kappa shape index (κ3) is 3.89. The number of aromatic hydroxyl groups is 1.